The standard InChI is InChI=1S/C19H19N5O3/c1-27-13-5-3-12(4-6-13)17-15(7-8-16(25)23-17)22-19(26)14-11-21-24-10-2-9-20-18(14)24/h2-6,9-11,15,17H,7-8H2,1H3,(H,22,26)(H,23,25). The summed E-state index contributed by atoms with van der Waals surface area (Å²) in [6, 6.07) is 8.67. The second kappa shape index (κ2) is 7.06. The van der Waals surface area contributed by atoms with Gasteiger partial charge in [0, 0.05) is 18.8 Å². The maximum Gasteiger partial charge on any atom is 0.257 e. The van der Waals surface area contributed by atoms with Gasteiger partial charge in [-0.15, -0.1) is 0 Å². The summed E-state index contributed by atoms with van der Waals surface area (Å²) in [5, 5.41) is 10.2. The first-order valence-corrected chi connectivity index (χ1v) is 8.68. The van der Waals surface area contributed by atoms with Gasteiger partial charge >= 0.3 is 0 Å². The highest BCUT2D eigenvalue weighted by Crippen LogP contribution is 2.26. The van der Waals surface area contributed by atoms with Crippen LogP contribution in [0.5, 0.6) is 5.75 Å². The zero-order valence-electron chi connectivity index (χ0n) is 14.8. The Morgan fingerprint density at radius 3 is 2.93 bits per heavy atom. The Balaban J connectivity index is 1.58. The second-order valence-corrected chi connectivity index (χ2v) is 6.38. The predicted molar refractivity (Wildman–Crippen MR) is 97.4 cm³/mol. The molecule has 0 aliphatic carbocycles. The molecule has 1 aliphatic heterocycles. The van der Waals surface area contributed by atoms with Crippen LogP contribution < -0.4 is 15.4 Å². The number of carbonyl (C=O) groups excluding carboxylic acids is 2. The van der Waals surface area contributed by atoms with Gasteiger partial charge in [0.1, 0.15) is 11.3 Å². The minimum absolute atomic E-state index is 0.0287. The summed E-state index contributed by atoms with van der Waals surface area (Å²) in [5.41, 5.74) is 1.81. The fraction of sp³-hybridized carbons (Fsp3) is 0.263. The molecule has 0 bridgehead atoms. The van der Waals surface area contributed by atoms with Gasteiger partial charge in [-0.2, -0.15) is 5.10 Å². The summed E-state index contributed by atoms with van der Waals surface area (Å²) < 4.78 is 6.74. The lowest BCUT2D eigenvalue weighted by Crippen LogP contribution is -2.50. The molecule has 2 unspecified atom stereocenters. The fourth-order valence-corrected chi connectivity index (χ4v) is 3.32. The number of hydrogen-bond donors (Lipinski definition) is 2. The van der Waals surface area contributed by atoms with E-state index in [1.54, 1.807) is 30.1 Å². The highest BCUT2D eigenvalue weighted by Gasteiger charge is 2.31. The quantitative estimate of drug-likeness (QED) is 0.730. The molecule has 8 heteroatoms. The zero-order chi connectivity index (χ0) is 18.8. The average molecular weight is 365 g/mol. The third-order valence-corrected chi connectivity index (χ3v) is 4.72. The number of nitrogens with zero attached hydrogens (tertiary/aromatic N) is 3. The topological polar surface area (TPSA) is 97.6 Å². The molecule has 138 valence electrons. The van der Waals surface area contributed by atoms with Crippen LogP contribution in [0.25, 0.3) is 5.65 Å². The van der Waals surface area contributed by atoms with E-state index in [1.165, 1.54) is 6.20 Å². The van der Waals surface area contributed by atoms with Crippen molar-refractivity contribution >= 4 is 17.5 Å². The summed E-state index contributed by atoms with van der Waals surface area (Å²) >= 11 is 0. The fourth-order valence-electron chi connectivity index (χ4n) is 3.32. The average Bonchev–Trinajstić information content (AvgIpc) is 3.14. The number of benzene rings is 1. The van der Waals surface area contributed by atoms with E-state index < -0.39 is 0 Å². The summed E-state index contributed by atoms with van der Waals surface area (Å²) in [6.45, 7) is 0. The number of rotatable bonds is 4. The third kappa shape index (κ3) is 3.33. The molecule has 8 nitrogen and oxygen atoms in total. The van der Waals surface area contributed by atoms with Gasteiger partial charge in [0.05, 0.1) is 25.4 Å². The molecule has 4 rings (SSSR count). The molecule has 2 atom stereocenters. The van der Waals surface area contributed by atoms with Crippen molar-refractivity contribution in [3.8, 4) is 5.75 Å². The highest BCUT2D eigenvalue weighted by atomic mass is 16.5. The summed E-state index contributed by atoms with van der Waals surface area (Å²) in [5.74, 6) is 0.446. The zero-order valence-corrected chi connectivity index (χ0v) is 14.8. The number of fused-ring (bicyclic) bond motifs is 1. The number of amides is 2. The van der Waals surface area contributed by atoms with Crippen molar-refractivity contribution in [2.75, 3.05) is 7.11 Å². The minimum atomic E-state index is -0.309. The molecule has 1 saturated heterocycles. The summed E-state index contributed by atoms with van der Waals surface area (Å²) in [4.78, 5) is 29.0. The largest absolute Gasteiger partial charge is 0.497 e. The summed E-state index contributed by atoms with van der Waals surface area (Å²) in [6.07, 6.45) is 5.78. The molecule has 27 heavy (non-hydrogen) atoms. The van der Waals surface area contributed by atoms with Crippen molar-refractivity contribution in [3.05, 3.63) is 60.0 Å². The number of nitrogens with one attached hydrogen (secondary N) is 2. The van der Waals surface area contributed by atoms with Gasteiger partial charge in [-0.3, -0.25) is 9.59 Å². The Morgan fingerprint density at radius 1 is 1.33 bits per heavy atom. The van der Waals surface area contributed by atoms with E-state index in [-0.39, 0.29) is 23.9 Å². The van der Waals surface area contributed by atoms with Gasteiger partial charge < -0.3 is 15.4 Å². The van der Waals surface area contributed by atoms with Crippen LogP contribution in [0.3, 0.4) is 0 Å². The molecule has 3 aromatic rings. The summed E-state index contributed by atoms with van der Waals surface area (Å²) in [7, 11) is 1.60. The minimum Gasteiger partial charge on any atom is -0.497 e. The van der Waals surface area contributed by atoms with E-state index in [0.717, 1.165) is 11.3 Å². The Labute approximate surface area is 155 Å². The van der Waals surface area contributed by atoms with Gasteiger partial charge in [0.25, 0.3) is 5.91 Å². The number of piperidine rings is 1. The molecular formula is C19H19N5O3. The molecule has 2 aromatic heterocycles. The van der Waals surface area contributed by atoms with Crippen LogP contribution in [0.4, 0.5) is 0 Å². The van der Waals surface area contributed by atoms with Crippen molar-refractivity contribution in [1.82, 2.24) is 25.2 Å². The third-order valence-electron chi connectivity index (χ3n) is 4.72. The first-order valence-electron chi connectivity index (χ1n) is 8.68. The van der Waals surface area contributed by atoms with Crippen LogP contribution in [-0.4, -0.2) is 39.6 Å². The Hall–Kier alpha value is -3.42. The number of carbonyl (C=O) groups is 2. The van der Waals surface area contributed by atoms with E-state index in [4.69, 9.17) is 4.74 Å². The van der Waals surface area contributed by atoms with Crippen LogP contribution in [0.1, 0.15) is 34.8 Å². The number of aromatic nitrogens is 3. The SMILES string of the molecule is COc1ccc(C2NC(=O)CCC2NC(=O)c2cnn3cccnc23)cc1. The predicted octanol–water partition coefficient (Wildman–Crippen LogP) is 1.49. The highest BCUT2D eigenvalue weighted by molar-refractivity contribution is 5.99. The normalized spacial score (nSPS) is 19.5. The monoisotopic (exact) mass is 365 g/mol. The lowest BCUT2D eigenvalue weighted by Gasteiger charge is -2.33. The van der Waals surface area contributed by atoms with Crippen LogP contribution in [0.2, 0.25) is 0 Å². The van der Waals surface area contributed by atoms with E-state index in [1.807, 2.05) is 24.3 Å². The molecule has 1 aliphatic rings. The lowest BCUT2D eigenvalue weighted by atomic mass is 9.91. The number of hydrogen-bond acceptors (Lipinski definition) is 5. The number of ether oxygens (including phenoxy) is 1. The van der Waals surface area contributed by atoms with Gasteiger partial charge in [-0.25, -0.2) is 9.50 Å². The van der Waals surface area contributed by atoms with Gasteiger partial charge in [-0.1, -0.05) is 12.1 Å². The Kier molecular flexibility index (Phi) is 4.45. The van der Waals surface area contributed by atoms with Crippen LogP contribution >= 0.6 is 0 Å². The molecule has 0 spiro atoms. The molecule has 2 amide bonds. The van der Waals surface area contributed by atoms with Gasteiger partial charge in [-0.05, 0) is 30.2 Å². The first kappa shape index (κ1) is 17.0. The van der Waals surface area contributed by atoms with Gasteiger partial charge in [0.15, 0.2) is 5.65 Å². The molecule has 0 radical (unpaired) electrons. The van der Waals surface area contributed by atoms with E-state index >= 15 is 0 Å². The van der Waals surface area contributed by atoms with Crippen LogP contribution in [0, 0.1) is 0 Å². The maximum atomic E-state index is 12.8. The Morgan fingerprint density at radius 2 is 2.15 bits per heavy atom. The van der Waals surface area contributed by atoms with E-state index in [0.29, 0.717) is 24.1 Å². The van der Waals surface area contributed by atoms with Crippen molar-refractivity contribution in [2.24, 2.45) is 0 Å². The Bertz CT molecular complexity index is 982. The van der Waals surface area contributed by atoms with Crippen molar-refractivity contribution in [3.63, 3.8) is 0 Å². The van der Waals surface area contributed by atoms with E-state index in [2.05, 4.69) is 20.7 Å². The first-order chi connectivity index (χ1) is 13.2. The number of methoxy groups -OCH3 is 1. The van der Waals surface area contributed by atoms with Crippen molar-refractivity contribution < 1.29 is 14.3 Å². The van der Waals surface area contributed by atoms with Gasteiger partial charge in [0.2, 0.25) is 5.91 Å². The molecular weight excluding hydrogens is 346 g/mol. The molecule has 0 saturated carbocycles. The molecule has 3 heterocycles. The van der Waals surface area contributed by atoms with Crippen LogP contribution in [-0.2, 0) is 4.79 Å². The van der Waals surface area contributed by atoms with Crippen molar-refractivity contribution in [1.29, 1.82) is 0 Å². The lowest BCUT2D eigenvalue weighted by molar-refractivity contribution is -0.123. The maximum absolute atomic E-state index is 12.8. The van der Waals surface area contributed by atoms with Crippen LogP contribution in [0.15, 0.2) is 48.9 Å². The van der Waals surface area contributed by atoms with E-state index in [9.17, 15) is 9.59 Å². The smallest absolute Gasteiger partial charge is 0.257 e. The van der Waals surface area contributed by atoms with Crippen molar-refractivity contribution in [2.45, 2.75) is 24.9 Å². The molecule has 2 N–H and O–H groups in total. The molecule has 1 fully saturated rings. The molecule has 1 aromatic carbocycles. The second-order valence-electron chi connectivity index (χ2n) is 6.38.